The predicted octanol–water partition coefficient (Wildman–Crippen LogP) is 6.61. The van der Waals surface area contributed by atoms with Gasteiger partial charge in [0.1, 0.15) is 11.6 Å². The zero-order chi connectivity index (χ0) is 29.8. The second-order valence-electron chi connectivity index (χ2n) is 15.5. The molecule has 0 radical (unpaired) electrons. The second kappa shape index (κ2) is 11.0. The molecule has 4 atom stereocenters. The van der Waals surface area contributed by atoms with Crippen LogP contribution in [0.15, 0.2) is 18.2 Å². The summed E-state index contributed by atoms with van der Waals surface area (Å²) in [5, 5.41) is 0. The molecule has 2 aliphatic heterocycles. The van der Waals surface area contributed by atoms with Gasteiger partial charge in [0.25, 0.3) is 0 Å². The molecule has 5 nitrogen and oxygen atoms in total. The minimum Gasteiger partial charge on any atom is -0.338 e. The van der Waals surface area contributed by atoms with E-state index in [1.807, 2.05) is 25.7 Å². The van der Waals surface area contributed by atoms with Crippen LogP contribution in [0.3, 0.4) is 0 Å². The highest BCUT2D eigenvalue weighted by Crippen LogP contribution is 2.42. The van der Waals surface area contributed by atoms with E-state index in [0.29, 0.717) is 30.6 Å². The average Bonchev–Trinajstić information content (AvgIpc) is 3.43. The van der Waals surface area contributed by atoms with E-state index >= 15 is 4.39 Å². The van der Waals surface area contributed by atoms with Gasteiger partial charge in [0.05, 0.1) is 12.0 Å². The van der Waals surface area contributed by atoms with Crippen LogP contribution in [0.25, 0.3) is 0 Å². The lowest BCUT2D eigenvalue weighted by Gasteiger charge is -2.45. The SMILES string of the molecule is C[C@@H]1C[C@H](N(C(=O)C(C)(C)C)C2CCC(C)(C)CC2)CN1C(=O)C1CN(C(C)(C)C)C[C@H]1c1ccc(F)cc1F. The first-order valence-corrected chi connectivity index (χ1v) is 15.2. The van der Waals surface area contributed by atoms with Crippen molar-refractivity contribution in [3.63, 3.8) is 0 Å². The Morgan fingerprint density at radius 1 is 0.950 bits per heavy atom. The van der Waals surface area contributed by atoms with Crippen molar-refractivity contribution in [2.75, 3.05) is 19.6 Å². The number of amides is 2. The predicted molar refractivity (Wildman–Crippen MR) is 156 cm³/mol. The van der Waals surface area contributed by atoms with Crippen LogP contribution in [0.1, 0.15) is 106 Å². The van der Waals surface area contributed by atoms with E-state index in [1.165, 1.54) is 12.1 Å². The summed E-state index contributed by atoms with van der Waals surface area (Å²) in [6.45, 7) is 20.5. The van der Waals surface area contributed by atoms with Crippen molar-refractivity contribution in [1.82, 2.24) is 14.7 Å². The molecule has 0 spiro atoms. The van der Waals surface area contributed by atoms with E-state index in [1.54, 1.807) is 0 Å². The van der Waals surface area contributed by atoms with Gasteiger partial charge < -0.3 is 9.80 Å². The maximum Gasteiger partial charge on any atom is 0.228 e. The summed E-state index contributed by atoms with van der Waals surface area (Å²) in [6, 6.07) is 3.86. The summed E-state index contributed by atoms with van der Waals surface area (Å²) in [6.07, 6.45) is 4.91. The number of carbonyl (C=O) groups is 2. The number of likely N-dealkylation sites (tertiary alicyclic amines) is 2. The van der Waals surface area contributed by atoms with Crippen molar-refractivity contribution in [2.45, 2.75) is 124 Å². The van der Waals surface area contributed by atoms with Gasteiger partial charge in [-0.15, -0.1) is 0 Å². The molecule has 4 rings (SSSR count). The first-order chi connectivity index (χ1) is 18.4. The topological polar surface area (TPSA) is 43.9 Å². The number of nitrogens with zero attached hydrogens (tertiary/aromatic N) is 3. The van der Waals surface area contributed by atoms with E-state index < -0.39 is 23.0 Å². The summed E-state index contributed by atoms with van der Waals surface area (Å²) in [4.78, 5) is 34.5. The molecule has 0 aromatic heterocycles. The fraction of sp³-hybridized carbons (Fsp3) is 0.758. The molecule has 1 aromatic rings. The highest BCUT2D eigenvalue weighted by molar-refractivity contribution is 5.83. The molecule has 3 fully saturated rings. The lowest BCUT2D eigenvalue weighted by molar-refractivity contribution is -0.147. The molecule has 0 N–H and O–H groups in total. The molecular formula is C33H51F2N3O2. The quantitative estimate of drug-likeness (QED) is 0.417. The Hall–Kier alpha value is -2.02. The third-order valence-electron chi connectivity index (χ3n) is 9.76. The van der Waals surface area contributed by atoms with Crippen molar-refractivity contribution in [1.29, 1.82) is 0 Å². The summed E-state index contributed by atoms with van der Waals surface area (Å²) in [7, 11) is 0. The third-order valence-corrected chi connectivity index (χ3v) is 9.76. The third kappa shape index (κ3) is 6.39. The molecular weight excluding hydrogens is 508 g/mol. The Balaban J connectivity index is 1.60. The van der Waals surface area contributed by atoms with Crippen molar-refractivity contribution >= 4 is 11.8 Å². The molecule has 2 amide bonds. The number of hydrogen-bond acceptors (Lipinski definition) is 3. The molecule has 1 aliphatic carbocycles. The maximum absolute atomic E-state index is 15.0. The van der Waals surface area contributed by atoms with Crippen LogP contribution in [0.2, 0.25) is 0 Å². The Morgan fingerprint density at radius 3 is 2.12 bits per heavy atom. The summed E-state index contributed by atoms with van der Waals surface area (Å²) in [5.41, 5.74) is 0.0130. The average molecular weight is 560 g/mol. The van der Waals surface area contributed by atoms with Crippen molar-refractivity contribution in [3.8, 4) is 0 Å². The van der Waals surface area contributed by atoms with Crippen LogP contribution in [0.4, 0.5) is 8.78 Å². The largest absolute Gasteiger partial charge is 0.338 e. The maximum atomic E-state index is 15.0. The Kier molecular flexibility index (Phi) is 8.50. The minimum atomic E-state index is -0.611. The van der Waals surface area contributed by atoms with Gasteiger partial charge in [0.2, 0.25) is 11.8 Å². The standard InChI is InChI=1S/C33H51F2N3O2/c1-21-16-24(38(30(40)31(2,3)4)23-12-14-33(8,9)15-13-23)18-37(21)29(39)27-20-36(32(5,6)7)19-26(27)25-11-10-22(34)17-28(25)35/h10-11,17,21,23-24,26-27H,12-16,18-20H2,1-9H3/t21-,24+,26+,27?/m1/s1. The zero-order valence-electron chi connectivity index (χ0n) is 26.2. The van der Waals surface area contributed by atoms with Gasteiger partial charge in [0.15, 0.2) is 0 Å². The highest BCUT2D eigenvalue weighted by atomic mass is 19.1. The number of carbonyl (C=O) groups excluding carboxylic acids is 2. The van der Waals surface area contributed by atoms with E-state index in [0.717, 1.165) is 38.2 Å². The molecule has 224 valence electrons. The van der Waals surface area contributed by atoms with Crippen LogP contribution in [-0.4, -0.2) is 69.8 Å². The molecule has 1 saturated carbocycles. The molecule has 2 heterocycles. The molecule has 1 unspecified atom stereocenters. The minimum absolute atomic E-state index is 0.0170. The molecule has 1 aromatic carbocycles. The number of rotatable bonds is 4. The number of halogens is 2. The van der Waals surface area contributed by atoms with Crippen LogP contribution < -0.4 is 0 Å². The van der Waals surface area contributed by atoms with Crippen molar-refractivity contribution < 1.29 is 18.4 Å². The number of benzene rings is 1. The Bertz CT molecular complexity index is 1100. The molecule has 0 bridgehead atoms. The van der Waals surface area contributed by atoms with E-state index in [4.69, 9.17) is 0 Å². The van der Waals surface area contributed by atoms with Crippen molar-refractivity contribution in [2.24, 2.45) is 16.7 Å². The monoisotopic (exact) mass is 559 g/mol. The van der Waals surface area contributed by atoms with E-state index in [2.05, 4.69) is 51.3 Å². The Morgan fingerprint density at radius 2 is 1.57 bits per heavy atom. The van der Waals surface area contributed by atoms with Crippen LogP contribution in [0, 0.1) is 28.4 Å². The Labute approximate surface area is 240 Å². The van der Waals surface area contributed by atoms with Crippen LogP contribution >= 0.6 is 0 Å². The van der Waals surface area contributed by atoms with Gasteiger partial charge in [-0.05, 0) is 76.8 Å². The first kappa shape index (κ1) is 30.9. The summed E-state index contributed by atoms with van der Waals surface area (Å²) >= 11 is 0. The zero-order valence-corrected chi connectivity index (χ0v) is 26.2. The molecule has 7 heteroatoms. The van der Waals surface area contributed by atoms with Gasteiger partial charge in [-0.2, -0.15) is 0 Å². The van der Waals surface area contributed by atoms with E-state index in [9.17, 15) is 14.0 Å². The van der Waals surface area contributed by atoms with E-state index in [-0.39, 0.29) is 41.4 Å². The fourth-order valence-corrected chi connectivity index (χ4v) is 7.12. The highest BCUT2D eigenvalue weighted by Gasteiger charge is 2.49. The lowest BCUT2D eigenvalue weighted by atomic mass is 9.74. The number of hydrogen-bond donors (Lipinski definition) is 0. The molecule has 40 heavy (non-hydrogen) atoms. The molecule has 2 saturated heterocycles. The van der Waals surface area contributed by atoms with Gasteiger partial charge in [0, 0.05) is 54.7 Å². The molecule has 3 aliphatic rings. The van der Waals surface area contributed by atoms with Gasteiger partial charge in [-0.1, -0.05) is 40.7 Å². The van der Waals surface area contributed by atoms with Gasteiger partial charge >= 0.3 is 0 Å². The lowest BCUT2D eigenvalue weighted by Crippen LogP contribution is -2.54. The first-order valence-electron chi connectivity index (χ1n) is 15.2. The fourth-order valence-electron chi connectivity index (χ4n) is 7.12. The van der Waals surface area contributed by atoms with Crippen molar-refractivity contribution in [3.05, 3.63) is 35.4 Å². The van der Waals surface area contributed by atoms with Crippen LogP contribution in [-0.2, 0) is 9.59 Å². The summed E-state index contributed by atoms with van der Waals surface area (Å²) in [5.74, 6) is -1.80. The normalized spacial score (nSPS) is 28.2. The van der Waals surface area contributed by atoms with Gasteiger partial charge in [-0.25, -0.2) is 8.78 Å². The summed E-state index contributed by atoms with van der Waals surface area (Å²) < 4.78 is 28.8. The van der Waals surface area contributed by atoms with Crippen LogP contribution in [0.5, 0.6) is 0 Å². The smallest absolute Gasteiger partial charge is 0.228 e. The second-order valence-corrected chi connectivity index (χ2v) is 15.5. The van der Waals surface area contributed by atoms with Gasteiger partial charge in [-0.3, -0.25) is 14.5 Å².